The number of hydrogen-bond donors (Lipinski definition) is 3. The summed E-state index contributed by atoms with van der Waals surface area (Å²) in [5.41, 5.74) is 2.44. The lowest BCUT2D eigenvalue weighted by Crippen LogP contribution is -2.12. The monoisotopic (exact) mass is 362 g/mol. The van der Waals surface area contributed by atoms with Gasteiger partial charge in [0.2, 0.25) is 10.0 Å². The quantitative estimate of drug-likeness (QED) is 0.649. The fraction of sp³-hybridized carbons (Fsp3) is 0.0667. The van der Waals surface area contributed by atoms with Gasteiger partial charge in [-0.3, -0.25) is 14.8 Å². The second-order valence-electron chi connectivity index (χ2n) is 5.03. The van der Waals surface area contributed by atoms with Crippen molar-refractivity contribution in [3.05, 3.63) is 53.5 Å². The van der Waals surface area contributed by atoms with Gasteiger partial charge in [-0.1, -0.05) is 0 Å². The minimum atomic E-state index is -3.34. The van der Waals surface area contributed by atoms with Crippen molar-refractivity contribution < 1.29 is 13.2 Å². The molecule has 24 heavy (non-hydrogen) atoms. The first-order valence-corrected chi connectivity index (χ1v) is 9.66. The van der Waals surface area contributed by atoms with Crippen molar-refractivity contribution >= 4 is 38.1 Å². The molecule has 0 radical (unpaired) electrons. The second kappa shape index (κ2) is 6.46. The molecule has 0 saturated heterocycles. The highest BCUT2D eigenvalue weighted by atomic mass is 32.2. The van der Waals surface area contributed by atoms with Crippen molar-refractivity contribution in [1.82, 2.24) is 9.97 Å². The van der Waals surface area contributed by atoms with E-state index in [9.17, 15) is 13.2 Å². The number of H-pyrrole nitrogens is 1. The maximum absolute atomic E-state index is 12.2. The number of nitrogens with one attached hydrogen (secondary N) is 3. The molecule has 0 fully saturated rings. The Labute approximate surface area is 142 Å². The predicted molar refractivity (Wildman–Crippen MR) is 94.8 cm³/mol. The van der Waals surface area contributed by atoms with Crippen molar-refractivity contribution in [3.63, 3.8) is 0 Å². The van der Waals surface area contributed by atoms with Crippen molar-refractivity contribution in [1.29, 1.82) is 0 Å². The number of amides is 1. The smallest absolute Gasteiger partial charge is 0.257 e. The Morgan fingerprint density at radius 1 is 1.21 bits per heavy atom. The summed E-state index contributed by atoms with van der Waals surface area (Å²) in [6.07, 6.45) is 2.87. The maximum atomic E-state index is 12.2. The first-order valence-electron chi connectivity index (χ1n) is 6.89. The van der Waals surface area contributed by atoms with Crippen LogP contribution in [0.15, 0.2) is 48.0 Å². The third kappa shape index (κ3) is 4.00. The van der Waals surface area contributed by atoms with Crippen LogP contribution in [0.4, 0.5) is 10.8 Å². The third-order valence-electron chi connectivity index (χ3n) is 3.05. The number of thiazole rings is 1. The Morgan fingerprint density at radius 3 is 2.58 bits per heavy atom. The molecule has 9 heteroatoms. The number of carbonyl (C=O) groups is 1. The lowest BCUT2D eigenvalue weighted by Gasteiger charge is -2.05. The number of aromatic amines is 1. The number of hydrogen-bond acceptors (Lipinski definition) is 5. The van der Waals surface area contributed by atoms with E-state index >= 15 is 0 Å². The summed E-state index contributed by atoms with van der Waals surface area (Å²) in [6.45, 7) is 0. The fourth-order valence-corrected chi connectivity index (χ4v) is 3.29. The van der Waals surface area contributed by atoms with E-state index in [2.05, 4.69) is 20.0 Å². The SMILES string of the molecule is CS(=O)(=O)Nc1ccc(C(=O)Nc2nc(-c3ccc[nH]3)cs2)cc1. The van der Waals surface area contributed by atoms with Crippen molar-refractivity contribution in [2.24, 2.45) is 0 Å². The standard InChI is InChI=1S/C15H14N4O3S2/c1-24(21,22)19-11-6-4-10(5-7-11)14(20)18-15-17-13(9-23-15)12-3-2-8-16-12/h2-9,16,19H,1H3,(H,17,18,20). The molecule has 0 atom stereocenters. The van der Waals surface area contributed by atoms with Gasteiger partial charge < -0.3 is 4.98 Å². The van der Waals surface area contributed by atoms with Gasteiger partial charge in [0.15, 0.2) is 5.13 Å². The van der Waals surface area contributed by atoms with E-state index in [1.54, 1.807) is 18.3 Å². The van der Waals surface area contributed by atoms with Crippen LogP contribution >= 0.6 is 11.3 Å². The van der Waals surface area contributed by atoms with Crippen LogP contribution in [0.5, 0.6) is 0 Å². The van der Waals surface area contributed by atoms with Gasteiger partial charge in [-0.25, -0.2) is 13.4 Å². The van der Waals surface area contributed by atoms with Crippen LogP contribution in [0.2, 0.25) is 0 Å². The largest absolute Gasteiger partial charge is 0.360 e. The molecule has 1 amide bonds. The molecule has 0 bridgehead atoms. The Balaban J connectivity index is 1.69. The fourth-order valence-electron chi connectivity index (χ4n) is 2.02. The summed E-state index contributed by atoms with van der Waals surface area (Å²) in [6, 6.07) is 9.92. The molecule has 3 N–H and O–H groups in total. The third-order valence-corrected chi connectivity index (χ3v) is 4.41. The zero-order valence-electron chi connectivity index (χ0n) is 12.6. The van der Waals surface area contributed by atoms with E-state index in [-0.39, 0.29) is 5.91 Å². The minimum Gasteiger partial charge on any atom is -0.360 e. The molecule has 0 aliphatic heterocycles. The van der Waals surface area contributed by atoms with E-state index in [4.69, 9.17) is 0 Å². The predicted octanol–water partition coefficient (Wildman–Crippen LogP) is 2.76. The van der Waals surface area contributed by atoms with Crippen LogP contribution in [0, 0.1) is 0 Å². The van der Waals surface area contributed by atoms with E-state index in [0.29, 0.717) is 16.4 Å². The zero-order chi connectivity index (χ0) is 17.2. The number of carbonyl (C=O) groups excluding carboxylic acids is 1. The van der Waals surface area contributed by atoms with Gasteiger partial charge in [0.25, 0.3) is 5.91 Å². The van der Waals surface area contributed by atoms with Crippen LogP contribution < -0.4 is 10.0 Å². The summed E-state index contributed by atoms with van der Waals surface area (Å²) in [5.74, 6) is -0.312. The van der Waals surface area contributed by atoms with Crippen molar-refractivity contribution in [2.75, 3.05) is 16.3 Å². The summed E-state index contributed by atoms with van der Waals surface area (Å²) in [5, 5.41) is 5.06. The summed E-state index contributed by atoms with van der Waals surface area (Å²) in [7, 11) is -3.34. The number of sulfonamides is 1. The topological polar surface area (TPSA) is 104 Å². The van der Waals surface area contributed by atoms with Crippen LogP contribution in [-0.4, -0.2) is 30.5 Å². The van der Waals surface area contributed by atoms with E-state index in [0.717, 1.165) is 17.6 Å². The highest BCUT2D eigenvalue weighted by molar-refractivity contribution is 7.92. The number of anilines is 2. The molecule has 0 saturated carbocycles. The number of rotatable bonds is 5. The highest BCUT2D eigenvalue weighted by Gasteiger charge is 2.11. The van der Waals surface area contributed by atoms with Gasteiger partial charge in [-0.05, 0) is 36.4 Å². The summed E-state index contributed by atoms with van der Waals surface area (Å²) in [4.78, 5) is 19.6. The Morgan fingerprint density at radius 2 is 1.96 bits per heavy atom. The normalized spacial score (nSPS) is 11.2. The molecule has 3 aromatic rings. The van der Waals surface area contributed by atoms with Gasteiger partial charge in [0.05, 0.1) is 17.6 Å². The van der Waals surface area contributed by atoms with Gasteiger partial charge >= 0.3 is 0 Å². The lowest BCUT2D eigenvalue weighted by molar-refractivity contribution is 0.102. The second-order valence-corrected chi connectivity index (χ2v) is 7.63. The average molecular weight is 362 g/mol. The molecular weight excluding hydrogens is 348 g/mol. The molecule has 0 aliphatic rings. The molecule has 7 nitrogen and oxygen atoms in total. The van der Waals surface area contributed by atoms with Gasteiger partial charge in [-0.2, -0.15) is 0 Å². The molecule has 2 heterocycles. The first-order chi connectivity index (χ1) is 11.4. The molecule has 0 unspecified atom stereocenters. The Bertz CT molecular complexity index is 945. The molecule has 0 aliphatic carbocycles. The number of nitrogens with zero attached hydrogens (tertiary/aromatic N) is 1. The number of aromatic nitrogens is 2. The molecule has 3 rings (SSSR count). The summed E-state index contributed by atoms with van der Waals surface area (Å²) >= 11 is 1.33. The molecule has 124 valence electrons. The van der Waals surface area contributed by atoms with Gasteiger partial charge in [-0.15, -0.1) is 11.3 Å². The van der Waals surface area contributed by atoms with Crippen LogP contribution in [-0.2, 0) is 10.0 Å². The highest BCUT2D eigenvalue weighted by Crippen LogP contribution is 2.24. The van der Waals surface area contributed by atoms with E-state index in [1.807, 2.05) is 17.5 Å². The van der Waals surface area contributed by atoms with Crippen molar-refractivity contribution in [3.8, 4) is 11.4 Å². The number of benzene rings is 1. The summed E-state index contributed by atoms with van der Waals surface area (Å²) < 4.78 is 24.7. The van der Waals surface area contributed by atoms with Crippen LogP contribution in [0.1, 0.15) is 10.4 Å². The Hall–Kier alpha value is -2.65. The van der Waals surface area contributed by atoms with Crippen LogP contribution in [0.3, 0.4) is 0 Å². The molecule has 0 spiro atoms. The van der Waals surface area contributed by atoms with Crippen LogP contribution in [0.25, 0.3) is 11.4 Å². The zero-order valence-corrected chi connectivity index (χ0v) is 14.2. The molecule has 1 aromatic carbocycles. The van der Waals surface area contributed by atoms with Gasteiger partial charge in [0, 0.05) is 22.8 Å². The first kappa shape index (κ1) is 16.2. The van der Waals surface area contributed by atoms with Crippen molar-refractivity contribution in [2.45, 2.75) is 0 Å². The van der Waals surface area contributed by atoms with E-state index < -0.39 is 10.0 Å². The minimum absolute atomic E-state index is 0.312. The molecular formula is C15H14N4O3S2. The lowest BCUT2D eigenvalue weighted by atomic mass is 10.2. The molecule has 2 aromatic heterocycles. The van der Waals surface area contributed by atoms with E-state index in [1.165, 1.54) is 23.5 Å². The van der Waals surface area contributed by atoms with Gasteiger partial charge in [0.1, 0.15) is 0 Å². The Kier molecular flexibility index (Phi) is 4.36. The maximum Gasteiger partial charge on any atom is 0.257 e. The average Bonchev–Trinajstić information content (AvgIpc) is 3.16.